The van der Waals surface area contributed by atoms with Gasteiger partial charge in [-0.3, -0.25) is 0 Å². The number of nitrogens with two attached hydrogens (primary N) is 1. The Bertz CT molecular complexity index is 1260. The Labute approximate surface area is 196 Å². The number of nitrogen functional groups attached to an aromatic ring is 1. The van der Waals surface area contributed by atoms with Gasteiger partial charge in [-0.1, -0.05) is 65.8 Å². The topological polar surface area (TPSA) is 88.1 Å². The second-order valence-corrected chi connectivity index (χ2v) is 9.97. The van der Waals surface area contributed by atoms with Crippen LogP contribution < -0.4 is 5.73 Å². The lowest BCUT2D eigenvalue weighted by Gasteiger charge is -2.17. The van der Waals surface area contributed by atoms with Gasteiger partial charge in [0.1, 0.15) is 0 Å². The first-order valence-electron chi connectivity index (χ1n) is 9.79. The molecule has 3 aromatic rings. The van der Waals surface area contributed by atoms with Crippen LogP contribution in [0.1, 0.15) is 17.0 Å². The van der Waals surface area contributed by atoms with E-state index in [2.05, 4.69) is 4.40 Å². The van der Waals surface area contributed by atoms with Gasteiger partial charge < -0.3 is 5.73 Å². The molecule has 6 nitrogen and oxygen atoms in total. The van der Waals surface area contributed by atoms with Gasteiger partial charge in [-0.05, 0) is 53.8 Å². The summed E-state index contributed by atoms with van der Waals surface area (Å²) < 4.78 is 29.8. The lowest BCUT2D eigenvalue weighted by molar-refractivity contribution is 0.484. The number of amidine groups is 1. The molecule has 1 atom stereocenters. The zero-order valence-electron chi connectivity index (χ0n) is 17.2. The first-order chi connectivity index (χ1) is 15.4. The summed E-state index contributed by atoms with van der Waals surface area (Å²) in [6, 6.07) is 23.5. The molecular formula is C23H21ClN4O2S2. The summed E-state index contributed by atoms with van der Waals surface area (Å²) in [6.45, 7) is 0.472. The second-order valence-electron chi connectivity index (χ2n) is 7.16. The molecule has 0 saturated heterocycles. The number of thioether (sulfide) groups is 1. The average molecular weight is 485 g/mol. The SMILES string of the molecule is CS/C(=N\S(=O)(=O)c1ccc(Cl)cc1)N1CC(c2ccccc2)C(c2ccc(N)cc2)=N1. The Morgan fingerprint density at radius 3 is 2.34 bits per heavy atom. The van der Waals surface area contributed by atoms with E-state index < -0.39 is 10.0 Å². The van der Waals surface area contributed by atoms with E-state index in [-0.39, 0.29) is 10.8 Å². The number of anilines is 1. The van der Waals surface area contributed by atoms with Gasteiger partial charge in [0.2, 0.25) is 0 Å². The van der Waals surface area contributed by atoms with Gasteiger partial charge in [0.05, 0.1) is 17.2 Å². The van der Waals surface area contributed by atoms with Crippen molar-refractivity contribution in [2.24, 2.45) is 9.50 Å². The third-order valence-corrected chi connectivity index (χ3v) is 7.35. The third-order valence-electron chi connectivity index (χ3n) is 5.04. The van der Waals surface area contributed by atoms with E-state index in [1.165, 1.54) is 36.0 Å². The van der Waals surface area contributed by atoms with Crippen LogP contribution >= 0.6 is 23.4 Å². The highest BCUT2D eigenvalue weighted by molar-refractivity contribution is 8.13. The minimum Gasteiger partial charge on any atom is -0.399 e. The van der Waals surface area contributed by atoms with Crippen molar-refractivity contribution in [3.05, 3.63) is 95.0 Å². The summed E-state index contributed by atoms with van der Waals surface area (Å²) in [7, 11) is -3.91. The molecule has 0 saturated carbocycles. The van der Waals surface area contributed by atoms with Gasteiger partial charge in [-0.2, -0.15) is 13.5 Å². The zero-order chi connectivity index (χ0) is 22.7. The van der Waals surface area contributed by atoms with Crippen molar-refractivity contribution in [3.63, 3.8) is 0 Å². The van der Waals surface area contributed by atoms with Gasteiger partial charge in [0, 0.05) is 16.6 Å². The minimum absolute atomic E-state index is 0.0459. The van der Waals surface area contributed by atoms with Crippen molar-refractivity contribution >= 4 is 50.0 Å². The quantitative estimate of drug-likeness (QED) is 0.325. The average Bonchev–Trinajstić information content (AvgIpc) is 3.24. The molecule has 0 spiro atoms. The molecule has 0 amide bonds. The van der Waals surface area contributed by atoms with E-state index in [1.807, 2.05) is 54.6 Å². The van der Waals surface area contributed by atoms with Crippen LogP contribution in [0.5, 0.6) is 0 Å². The Balaban J connectivity index is 1.73. The van der Waals surface area contributed by atoms with Crippen LogP contribution in [0, 0.1) is 0 Å². The summed E-state index contributed by atoms with van der Waals surface area (Å²) in [4.78, 5) is 0.0787. The largest absolute Gasteiger partial charge is 0.399 e. The molecule has 3 aromatic carbocycles. The molecule has 0 aromatic heterocycles. The van der Waals surface area contributed by atoms with Gasteiger partial charge in [-0.25, -0.2) is 5.01 Å². The number of benzene rings is 3. The lowest BCUT2D eigenvalue weighted by atomic mass is 9.90. The minimum atomic E-state index is -3.91. The van der Waals surface area contributed by atoms with E-state index >= 15 is 0 Å². The lowest BCUT2D eigenvalue weighted by Crippen LogP contribution is -2.24. The number of hydrogen-bond donors (Lipinski definition) is 1. The highest BCUT2D eigenvalue weighted by Gasteiger charge is 2.32. The van der Waals surface area contributed by atoms with Crippen LogP contribution in [0.4, 0.5) is 5.69 Å². The van der Waals surface area contributed by atoms with E-state index in [4.69, 9.17) is 22.4 Å². The molecular weight excluding hydrogens is 464 g/mol. The fourth-order valence-corrected chi connectivity index (χ4v) is 5.36. The van der Waals surface area contributed by atoms with Gasteiger partial charge in [0.25, 0.3) is 10.0 Å². The van der Waals surface area contributed by atoms with Gasteiger partial charge in [-0.15, -0.1) is 4.40 Å². The Hall–Kier alpha value is -2.81. The van der Waals surface area contributed by atoms with Crippen molar-refractivity contribution < 1.29 is 8.42 Å². The van der Waals surface area contributed by atoms with Crippen LogP contribution in [-0.4, -0.2) is 37.1 Å². The predicted molar refractivity (Wildman–Crippen MR) is 133 cm³/mol. The maximum atomic E-state index is 12.9. The summed E-state index contributed by atoms with van der Waals surface area (Å²) in [5.41, 5.74) is 9.37. The number of nitrogens with zero attached hydrogens (tertiary/aromatic N) is 3. The molecule has 1 aliphatic rings. The third kappa shape index (κ3) is 4.82. The smallest absolute Gasteiger partial charge is 0.284 e. The molecule has 1 unspecified atom stereocenters. The summed E-state index contributed by atoms with van der Waals surface area (Å²) in [5, 5.41) is 7.19. The summed E-state index contributed by atoms with van der Waals surface area (Å²) in [5.74, 6) is -0.0459. The standard InChI is InChI=1S/C23H21ClN4O2S2/c1-31-23(27-32(29,30)20-13-9-18(24)10-14-20)28-15-21(16-5-3-2-4-6-16)22(26-28)17-7-11-19(25)12-8-17/h2-14,21H,15,25H2,1H3/b27-23-. The Morgan fingerprint density at radius 2 is 1.72 bits per heavy atom. The van der Waals surface area contributed by atoms with E-state index in [9.17, 15) is 8.42 Å². The molecule has 4 rings (SSSR count). The maximum absolute atomic E-state index is 12.9. The van der Waals surface area contributed by atoms with Crippen LogP contribution in [0.25, 0.3) is 0 Å². The molecule has 2 N–H and O–H groups in total. The van der Waals surface area contributed by atoms with Crippen molar-refractivity contribution in [1.29, 1.82) is 0 Å². The number of halogens is 1. The first kappa shape index (κ1) is 22.4. The Morgan fingerprint density at radius 1 is 1.06 bits per heavy atom. The molecule has 0 radical (unpaired) electrons. The highest BCUT2D eigenvalue weighted by atomic mass is 35.5. The van der Waals surface area contributed by atoms with Crippen LogP contribution in [0.2, 0.25) is 5.02 Å². The number of hydrazone groups is 1. The molecule has 0 bridgehead atoms. The van der Waals surface area contributed by atoms with Crippen LogP contribution in [-0.2, 0) is 10.0 Å². The monoisotopic (exact) mass is 484 g/mol. The maximum Gasteiger partial charge on any atom is 0.284 e. The molecule has 9 heteroatoms. The van der Waals surface area contributed by atoms with Crippen molar-refractivity contribution in [2.45, 2.75) is 10.8 Å². The first-order valence-corrected chi connectivity index (χ1v) is 12.8. The van der Waals surface area contributed by atoms with E-state index in [1.54, 1.807) is 11.3 Å². The number of sulfonamides is 1. The van der Waals surface area contributed by atoms with Gasteiger partial charge in [0.15, 0.2) is 5.17 Å². The molecule has 164 valence electrons. The molecule has 0 aliphatic carbocycles. The number of rotatable bonds is 4. The molecule has 0 fully saturated rings. The zero-order valence-corrected chi connectivity index (χ0v) is 19.6. The highest BCUT2D eigenvalue weighted by Crippen LogP contribution is 2.31. The van der Waals surface area contributed by atoms with E-state index in [0.717, 1.165) is 16.8 Å². The summed E-state index contributed by atoms with van der Waals surface area (Å²) in [6.07, 6.45) is 1.78. The Kier molecular flexibility index (Phi) is 6.55. The van der Waals surface area contributed by atoms with Gasteiger partial charge >= 0.3 is 0 Å². The molecule has 1 heterocycles. The fraction of sp³-hybridized carbons (Fsp3) is 0.130. The fourth-order valence-electron chi connectivity index (χ4n) is 3.43. The normalized spacial score (nSPS) is 16.8. The number of hydrogen-bond acceptors (Lipinski definition) is 5. The van der Waals surface area contributed by atoms with Crippen molar-refractivity contribution in [1.82, 2.24) is 5.01 Å². The predicted octanol–water partition coefficient (Wildman–Crippen LogP) is 4.83. The summed E-state index contributed by atoms with van der Waals surface area (Å²) >= 11 is 7.12. The van der Waals surface area contributed by atoms with Crippen molar-refractivity contribution in [3.8, 4) is 0 Å². The molecule has 1 aliphatic heterocycles. The van der Waals surface area contributed by atoms with Crippen molar-refractivity contribution in [2.75, 3.05) is 18.5 Å². The van der Waals surface area contributed by atoms with Crippen LogP contribution in [0.3, 0.4) is 0 Å². The van der Waals surface area contributed by atoms with E-state index in [0.29, 0.717) is 22.4 Å². The van der Waals surface area contributed by atoms with Crippen LogP contribution in [0.15, 0.2) is 93.3 Å². The molecule has 32 heavy (non-hydrogen) atoms. The second kappa shape index (κ2) is 9.36.